The number of alkyl halides is 1. The van der Waals surface area contributed by atoms with E-state index >= 15 is 0 Å². The molecule has 0 amide bonds. The van der Waals surface area contributed by atoms with E-state index in [1.54, 1.807) is 30.3 Å². The lowest BCUT2D eigenvalue weighted by molar-refractivity contribution is -0.139. The van der Waals surface area contributed by atoms with Crippen molar-refractivity contribution in [2.75, 3.05) is 4.42 Å². The van der Waals surface area contributed by atoms with Crippen LogP contribution in [0.4, 0.5) is 5.69 Å². The second-order valence-corrected chi connectivity index (χ2v) is 3.95. The molecule has 14 heavy (non-hydrogen) atoms. The average Bonchev–Trinajstić information content (AvgIpc) is 2.17. The fraction of sp³-hybridized carbons (Fsp3) is 0.222. The summed E-state index contributed by atoms with van der Waals surface area (Å²) in [6.45, 7) is 1.32. The Morgan fingerprint density at radius 1 is 1.43 bits per heavy atom. The van der Waals surface area contributed by atoms with Crippen molar-refractivity contribution in [1.82, 2.24) is 0 Å². The predicted octanol–water partition coefficient (Wildman–Crippen LogP) is 2.69. The molecule has 0 aliphatic heterocycles. The third-order valence-corrected chi connectivity index (χ3v) is 2.69. The normalized spacial score (nSPS) is 14.5. The fourth-order valence-electron chi connectivity index (χ4n) is 0.885. The summed E-state index contributed by atoms with van der Waals surface area (Å²) in [5.41, 5.74) is 0.536. The van der Waals surface area contributed by atoms with Crippen LogP contribution in [0.5, 0.6) is 0 Å². The number of halogens is 2. The molecule has 0 aliphatic rings. The minimum atomic E-state index is -1.65. The Bertz CT molecular complexity index is 327. The Morgan fingerprint density at radius 3 is 2.36 bits per heavy atom. The van der Waals surface area contributed by atoms with Gasteiger partial charge in [-0.05, 0) is 19.1 Å². The Balaban J connectivity index is 2.96. The van der Waals surface area contributed by atoms with Crippen LogP contribution in [0.15, 0.2) is 30.3 Å². The molecule has 1 N–H and O–H groups in total. The number of carbonyl (C=O) groups is 1. The average molecular weight is 234 g/mol. The molecule has 1 aromatic rings. The van der Waals surface area contributed by atoms with Gasteiger partial charge in [-0.25, -0.2) is 4.79 Å². The molecule has 0 unspecified atom stereocenters. The maximum absolute atomic E-state index is 10.8. The maximum Gasteiger partial charge on any atom is 0.346 e. The topological polar surface area (TPSA) is 40.5 Å². The highest BCUT2D eigenvalue weighted by Crippen LogP contribution is 2.29. The summed E-state index contributed by atoms with van der Waals surface area (Å²) >= 11 is 11.6. The van der Waals surface area contributed by atoms with E-state index in [1.165, 1.54) is 6.92 Å². The first-order valence-corrected chi connectivity index (χ1v) is 4.61. The van der Waals surface area contributed by atoms with Crippen molar-refractivity contribution in [1.29, 1.82) is 0 Å². The molecule has 0 saturated carbocycles. The summed E-state index contributed by atoms with van der Waals surface area (Å²) in [6.07, 6.45) is 0. The predicted molar refractivity (Wildman–Crippen MR) is 56.7 cm³/mol. The molecule has 0 aliphatic carbocycles. The lowest BCUT2D eigenvalue weighted by Gasteiger charge is -2.27. The van der Waals surface area contributed by atoms with Gasteiger partial charge in [0.05, 0.1) is 5.69 Å². The molecule has 1 atom stereocenters. The van der Waals surface area contributed by atoms with Gasteiger partial charge in [-0.15, -0.1) is 0 Å². The molecule has 3 nitrogen and oxygen atoms in total. The van der Waals surface area contributed by atoms with E-state index in [2.05, 4.69) is 0 Å². The number of benzene rings is 1. The zero-order chi connectivity index (χ0) is 10.8. The lowest BCUT2D eigenvalue weighted by Crippen LogP contribution is -2.42. The first-order valence-electron chi connectivity index (χ1n) is 3.89. The molecule has 0 radical (unpaired) electrons. The molecule has 0 spiro atoms. The minimum absolute atomic E-state index is 0.536. The quantitative estimate of drug-likeness (QED) is 0.496. The number of hydrogen-bond donors (Lipinski definition) is 1. The van der Waals surface area contributed by atoms with Crippen molar-refractivity contribution in [2.45, 2.75) is 11.9 Å². The number of hydrogen-bond acceptors (Lipinski definition) is 2. The van der Waals surface area contributed by atoms with Gasteiger partial charge < -0.3 is 5.11 Å². The summed E-state index contributed by atoms with van der Waals surface area (Å²) in [5.74, 6) is -1.20. The molecule has 76 valence electrons. The molecule has 1 rings (SSSR count). The second kappa shape index (κ2) is 4.07. The first-order chi connectivity index (χ1) is 6.46. The maximum atomic E-state index is 10.8. The van der Waals surface area contributed by atoms with Crippen LogP contribution in [0, 0.1) is 0 Å². The summed E-state index contributed by atoms with van der Waals surface area (Å²) < 4.78 is 0.983. The molecule has 0 bridgehead atoms. The number of anilines is 1. The summed E-state index contributed by atoms with van der Waals surface area (Å²) in [7, 11) is 0. The van der Waals surface area contributed by atoms with Gasteiger partial charge in [0.25, 0.3) is 0 Å². The van der Waals surface area contributed by atoms with Gasteiger partial charge in [-0.3, -0.25) is 4.42 Å². The fourth-order valence-corrected chi connectivity index (χ4v) is 1.17. The molecule has 0 aromatic heterocycles. The largest absolute Gasteiger partial charge is 0.479 e. The number of carboxylic acid groups (broad SMARTS) is 1. The summed E-state index contributed by atoms with van der Waals surface area (Å²) in [6, 6.07) is 8.66. The van der Waals surface area contributed by atoms with Crippen LogP contribution in [-0.4, -0.2) is 16.1 Å². The van der Waals surface area contributed by atoms with Crippen LogP contribution in [0.2, 0.25) is 0 Å². The number of rotatable bonds is 3. The van der Waals surface area contributed by atoms with E-state index in [4.69, 9.17) is 28.5 Å². The molecule has 0 saturated heterocycles. The second-order valence-electron chi connectivity index (χ2n) is 2.87. The number of aliphatic carboxylic acids is 1. The van der Waals surface area contributed by atoms with Gasteiger partial charge in [0.1, 0.15) is 0 Å². The monoisotopic (exact) mass is 233 g/mol. The SMILES string of the molecule is C[C@@](Cl)(C(=O)O)N(Cl)c1ccccc1. The van der Waals surface area contributed by atoms with Gasteiger partial charge in [0.2, 0.25) is 5.00 Å². The van der Waals surface area contributed by atoms with Crippen LogP contribution in [0.25, 0.3) is 0 Å². The van der Waals surface area contributed by atoms with Crippen LogP contribution < -0.4 is 4.42 Å². The molecule has 0 fully saturated rings. The van der Waals surface area contributed by atoms with Crippen molar-refractivity contribution < 1.29 is 9.90 Å². The zero-order valence-electron chi connectivity index (χ0n) is 7.45. The molecule has 1 aromatic carbocycles. The smallest absolute Gasteiger partial charge is 0.346 e. The van der Waals surface area contributed by atoms with Crippen molar-refractivity contribution in [3.63, 3.8) is 0 Å². The Morgan fingerprint density at radius 2 is 1.93 bits per heavy atom. The molecular weight excluding hydrogens is 225 g/mol. The van der Waals surface area contributed by atoms with E-state index < -0.39 is 11.0 Å². The van der Waals surface area contributed by atoms with Gasteiger partial charge in [-0.1, -0.05) is 29.8 Å². The van der Waals surface area contributed by atoms with Crippen LogP contribution in [0.1, 0.15) is 6.92 Å². The van der Waals surface area contributed by atoms with Crippen LogP contribution >= 0.6 is 23.4 Å². The highest BCUT2D eigenvalue weighted by molar-refractivity contribution is 6.42. The number of carboxylic acids is 1. The standard InChI is InChI=1S/C9H9Cl2NO2/c1-9(10,8(13)14)12(11)7-5-3-2-4-6-7/h2-6H,1H3,(H,13,14)/t9-/m0/s1. The van der Waals surface area contributed by atoms with Crippen molar-refractivity contribution in [3.05, 3.63) is 30.3 Å². The van der Waals surface area contributed by atoms with Gasteiger partial charge in [0.15, 0.2) is 0 Å². The third kappa shape index (κ3) is 2.11. The van der Waals surface area contributed by atoms with Crippen molar-refractivity contribution >= 4 is 35.0 Å². The van der Waals surface area contributed by atoms with E-state index in [0.717, 1.165) is 4.42 Å². The number of nitrogens with zero attached hydrogens (tertiary/aromatic N) is 1. The molecular formula is C9H9Cl2NO2. The lowest BCUT2D eigenvalue weighted by atomic mass is 10.2. The highest BCUT2D eigenvalue weighted by atomic mass is 35.5. The van der Waals surface area contributed by atoms with Crippen molar-refractivity contribution in [3.8, 4) is 0 Å². The van der Waals surface area contributed by atoms with E-state index in [9.17, 15) is 4.79 Å². The van der Waals surface area contributed by atoms with Gasteiger partial charge in [0, 0.05) is 11.8 Å². The van der Waals surface area contributed by atoms with Gasteiger partial charge >= 0.3 is 5.97 Å². The Labute approximate surface area is 92.0 Å². The van der Waals surface area contributed by atoms with E-state index in [1.807, 2.05) is 0 Å². The third-order valence-electron chi connectivity index (χ3n) is 1.74. The zero-order valence-corrected chi connectivity index (χ0v) is 8.96. The van der Waals surface area contributed by atoms with Gasteiger partial charge in [-0.2, -0.15) is 0 Å². The Kier molecular flexibility index (Phi) is 3.24. The summed E-state index contributed by atoms with van der Waals surface area (Å²) in [4.78, 5) is 9.13. The highest BCUT2D eigenvalue weighted by Gasteiger charge is 2.37. The van der Waals surface area contributed by atoms with E-state index in [-0.39, 0.29) is 0 Å². The molecule has 5 heteroatoms. The van der Waals surface area contributed by atoms with E-state index in [0.29, 0.717) is 5.69 Å². The van der Waals surface area contributed by atoms with Crippen LogP contribution in [-0.2, 0) is 4.79 Å². The first kappa shape index (κ1) is 11.1. The van der Waals surface area contributed by atoms with Crippen molar-refractivity contribution in [2.24, 2.45) is 0 Å². The summed E-state index contributed by atoms with van der Waals surface area (Å²) in [5, 5.41) is 8.81. The number of para-hydroxylation sites is 1. The van der Waals surface area contributed by atoms with Crippen LogP contribution in [0.3, 0.4) is 0 Å². The minimum Gasteiger partial charge on any atom is -0.479 e. The molecule has 0 heterocycles. The Hall–Kier alpha value is -0.930.